The maximum atomic E-state index is 13.2. The fourth-order valence-corrected chi connectivity index (χ4v) is 4.61. The van der Waals surface area contributed by atoms with Gasteiger partial charge < -0.3 is 14.6 Å². The van der Waals surface area contributed by atoms with Crippen LogP contribution in [0.1, 0.15) is 6.92 Å². The van der Waals surface area contributed by atoms with E-state index in [2.05, 4.69) is 10.3 Å². The molecule has 2 aromatic carbocycles. The highest BCUT2D eigenvalue weighted by atomic mass is 35.5. The molecule has 2 amide bonds. The van der Waals surface area contributed by atoms with Gasteiger partial charge in [-0.1, -0.05) is 35.5 Å². The van der Waals surface area contributed by atoms with E-state index >= 15 is 0 Å². The molecule has 0 spiro atoms. The minimum absolute atomic E-state index is 0.00353. The van der Waals surface area contributed by atoms with E-state index in [-0.39, 0.29) is 18.4 Å². The Bertz CT molecular complexity index is 1120. The third kappa shape index (κ3) is 4.03. The molecule has 1 aliphatic rings. The number of imidazole rings is 1. The Labute approximate surface area is 183 Å². The molecule has 30 heavy (non-hydrogen) atoms. The van der Waals surface area contributed by atoms with Crippen molar-refractivity contribution in [3.8, 4) is 0 Å². The number of para-hydroxylation sites is 2. The summed E-state index contributed by atoms with van der Waals surface area (Å²) in [5.74, 6) is -0.355. The van der Waals surface area contributed by atoms with Gasteiger partial charge in [-0.15, -0.1) is 0 Å². The molecule has 156 valence electrons. The number of thioether (sulfide) groups is 1. The minimum atomic E-state index is -0.447. The number of fused-ring (bicyclic) bond motifs is 2. The molecule has 3 aromatic rings. The van der Waals surface area contributed by atoms with Crippen molar-refractivity contribution >= 4 is 57.6 Å². The Morgan fingerprint density at radius 3 is 2.93 bits per heavy atom. The van der Waals surface area contributed by atoms with Gasteiger partial charge in [-0.3, -0.25) is 14.5 Å². The molecular formula is C21H21ClN4O3S. The molecule has 1 atom stereocenters. The topological polar surface area (TPSA) is 76.5 Å². The molecule has 0 saturated heterocycles. The number of ether oxygens (including phenoxy) is 1. The number of hydrogen-bond donors (Lipinski definition) is 1. The molecule has 0 saturated carbocycles. The molecule has 9 heteroatoms. The predicted octanol–water partition coefficient (Wildman–Crippen LogP) is 3.80. The van der Waals surface area contributed by atoms with Crippen molar-refractivity contribution in [1.29, 1.82) is 0 Å². The summed E-state index contributed by atoms with van der Waals surface area (Å²) < 4.78 is 7.27. The van der Waals surface area contributed by atoms with E-state index < -0.39 is 5.25 Å². The Morgan fingerprint density at radius 2 is 2.13 bits per heavy atom. The number of benzene rings is 2. The second kappa shape index (κ2) is 8.67. The SMILES string of the molecule is COCCn1c(S[C@H](C)C(=O)N2CC(=O)Nc3ccccc32)nc2cc(Cl)ccc21. The zero-order valence-electron chi connectivity index (χ0n) is 16.6. The van der Waals surface area contributed by atoms with Crippen LogP contribution in [0, 0.1) is 0 Å². The summed E-state index contributed by atoms with van der Waals surface area (Å²) in [5.41, 5.74) is 3.04. The summed E-state index contributed by atoms with van der Waals surface area (Å²) in [6.07, 6.45) is 0. The summed E-state index contributed by atoms with van der Waals surface area (Å²) in [6.45, 7) is 2.95. The molecule has 1 N–H and O–H groups in total. The van der Waals surface area contributed by atoms with Gasteiger partial charge in [0.1, 0.15) is 6.54 Å². The van der Waals surface area contributed by atoms with Crippen LogP contribution in [0.2, 0.25) is 5.02 Å². The number of rotatable bonds is 6. The highest BCUT2D eigenvalue weighted by molar-refractivity contribution is 8.00. The molecule has 1 aromatic heterocycles. The van der Waals surface area contributed by atoms with Crippen molar-refractivity contribution in [2.45, 2.75) is 23.9 Å². The first-order valence-electron chi connectivity index (χ1n) is 9.49. The molecule has 0 bridgehead atoms. The standard InChI is InChI=1S/C21H21ClN4O3S/c1-13(20(28)26-12-19(27)23-15-5-3-4-6-17(15)26)30-21-24-16-11-14(22)7-8-18(16)25(21)9-10-29-2/h3-8,11,13H,9-10,12H2,1-2H3,(H,23,27)/t13-/m1/s1. The number of hydrogen-bond acceptors (Lipinski definition) is 5. The maximum absolute atomic E-state index is 13.2. The van der Waals surface area contributed by atoms with Gasteiger partial charge in [0.15, 0.2) is 5.16 Å². The number of methoxy groups -OCH3 is 1. The Hall–Kier alpha value is -2.55. The van der Waals surface area contributed by atoms with Crippen LogP contribution in [0.5, 0.6) is 0 Å². The van der Waals surface area contributed by atoms with Crippen LogP contribution in [0.15, 0.2) is 47.6 Å². The molecule has 0 aliphatic carbocycles. The summed E-state index contributed by atoms with van der Waals surface area (Å²) in [4.78, 5) is 31.6. The smallest absolute Gasteiger partial charge is 0.244 e. The number of carbonyl (C=O) groups is 2. The minimum Gasteiger partial charge on any atom is -0.383 e. The maximum Gasteiger partial charge on any atom is 0.244 e. The Morgan fingerprint density at radius 1 is 1.33 bits per heavy atom. The van der Waals surface area contributed by atoms with Crippen LogP contribution in [-0.4, -0.2) is 46.9 Å². The molecule has 0 fully saturated rings. The third-order valence-electron chi connectivity index (χ3n) is 4.86. The lowest BCUT2D eigenvalue weighted by Gasteiger charge is -2.30. The van der Waals surface area contributed by atoms with E-state index in [0.717, 1.165) is 11.0 Å². The van der Waals surface area contributed by atoms with Crippen molar-refractivity contribution < 1.29 is 14.3 Å². The number of carbonyl (C=O) groups excluding carboxylic acids is 2. The highest BCUT2D eigenvalue weighted by Gasteiger charge is 2.31. The summed E-state index contributed by atoms with van der Waals surface area (Å²) in [7, 11) is 1.65. The molecule has 1 aliphatic heterocycles. The van der Waals surface area contributed by atoms with Crippen molar-refractivity contribution in [1.82, 2.24) is 9.55 Å². The molecule has 0 radical (unpaired) electrons. The lowest BCUT2D eigenvalue weighted by molar-refractivity contribution is -0.121. The number of amides is 2. The van der Waals surface area contributed by atoms with Crippen LogP contribution < -0.4 is 10.2 Å². The van der Waals surface area contributed by atoms with Gasteiger partial charge in [0, 0.05) is 18.7 Å². The average molecular weight is 445 g/mol. The van der Waals surface area contributed by atoms with Gasteiger partial charge in [0.25, 0.3) is 0 Å². The number of anilines is 2. The molecular weight excluding hydrogens is 424 g/mol. The third-order valence-corrected chi connectivity index (χ3v) is 6.17. The summed E-state index contributed by atoms with van der Waals surface area (Å²) in [6, 6.07) is 12.8. The molecule has 7 nitrogen and oxygen atoms in total. The van der Waals surface area contributed by atoms with Gasteiger partial charge in [-0.2, -0.15) is 0 Å². The van der Waals surface area contributed by atoms with Gasteiger partial charge in [0.05, 0.1) is 34.3 Å². The van der Waals surface area contributed by atoms with Crippen molar-refractivity contribution in [2.75, 3.05) is 30.5 Å². The largest absolute Gasteiger partial charge is 0.383 e. The van der Waals surface area contributed by atoms with E-state index in [0.29, 0.717) is 34.7 Å². The molecule has 4 rings (SSSR count). The first kappa shape index (κ1) is 20.7. The van der Waals surface area contributed by atoms with E-state index in [4.69, 9.17) is 16.3 Å². The van der Waals surface area contributed by atoms with Crippen LogP contribution in [-0.2, 0) is 20.9 Å². The number of halogens is 1. The highest BCUT2D eigenvalue weighted by Crippen LogP contribution is 2.33. The van der Waals surface area contributed by atoms with Gasteiger partial charge >= 0.3 is 0 Å². The van der Waals surface area contributed by atoms with Crippen molar-refractivity contribution in [3.63, 3.8) is 0 Å². The van der Waals surface area contributed by atoms with Gasteiger partial charge in [-0.25, -0.2) is 4.98 Å². The first-order chi connectivity index (χ1) is 14.5. The van der Waals surface area contributed by atoms with E-state index in [1.807, 2.05) is 47.9 Å². The number of nitrogens with one attached hydrogen (secondary N) is 1. The molecule has 0 unspecified atom stereocenters. The van der Waals surface area contributed by atoms with Crippen molar-refractivity contribution in [3.05, 3.63) is 47.5 Å². The van der Waals surface area contributed by atoms with E-state index in [1.54, 1.807) is 13.2 Å². The lowest BCUT2D eigenvalue weighted by atomic mass is 10.2. The fraction of sp³-hybridized carbons (Fsp3) is 0.286. The van der Waals surface area contributed by atoms with Crippen LogP contribution in [0.3, 0.4) is 0 Å². The summed E-state index contributed by atoms with van der Waals surface area (Å²) in [5, 5.41) is 3.67. The quantitative estimate of drug-likeness (QED) is 0.585. The van der Waals surface area contributed by atoms with Crippen LogP contribution in [0.4, 0.5) is 11.4 Å². The lowest BCUT2D eigenvalue weighted by Crippen LogP contribution is -2.45. The van der Waals surface area contributed by atoms with Crippen molar-refractivity contribution in [2.24, 2.45) is 0 Å². The second-order valence-electron chi connectivity index (χ2n) is 6.92. The predicted molar refractivity (Wildman–Crippen MR) is 119 cm³/mol. The normalized spacial score (nSPS) is 14.5. The number of aromatic nitrogens is 2. The fourth-order valence-electron chi connectivity index (χ4n) is 3.43. The van der Waals surface area contributed by atoms with Crippen LogP contribution >= 0.6 is 23.4 Å². The summed E-state index contributed by atoms with van der Waals surface area (Å²) >= 11 is 7.48. The Kier molecular flexibility index (Phi) is 5.99. The molecule has 2 heterocycles. The van der Waals surface area contributed by atoms with Gasteiger partial charge in [0.2, 0.25) is 11.8 Å². The van der Waals surface area contributed by atoms with E-state index in [1.165, 1.54) is 16.7 Å². The van der Waals surface area contributed by atoms with E-state index in [9.17, 15) is 9.59 Å². The number of nitrogens with zero attached hydrogens (tertiary/aromatic N) is 3. The van der Waals surface area contributed by atoms with Gasteiger partial charge in [-0.05, 0) is 37.3 Å². The van der Waals surface area contributed by atoms with Crippen LogP contribution in [0.25, 0.3) is 11.0 Å². The first-order valence-corrected chi connectivity index (χ1v) is 10.8. The second-order valence-corrected chi connectivity index (χ2v) is 8.67. The average Bonchev–Trinajstić information content (AvgIpc) is 3.06. The zero-order valence-corrected chi connectivity index (χ0v) is 18.2. The monoisotopic (exact) mass is 444 g/mol. The Balaban J connectivity index is 1.62. The zero-order chi connectivity index (χ0) is 21.3.